The lowest BCUT2D eigenvalue weighted by Gasteiger charge is -2.22. The molecule has 6 heteroatoms. The van der Waals surface area contributed by atoms with Gasteiger partial charge in [-0.3, -0.25) is 0 Å². The number of aromatic nitrogens is 2. The Morgan fingerprint density at radius 2 is 2.35 bits per heavy atom. The third-order valence-corrected chi connectivity index (χ3v) is 3.60. The van der Waals surface area contributed by atoms with Crippen LogP contribution in [0.15, 0.2) is 6.07 Å². The van der Waals surface area contributed by atoms with Crippen molar-refractivity contribution in [1.82, 2.24) is 9.97 Å². The maximum atomic E-state index is 5.68. The molecule has 0 aromatic carbocycles. The van der Waals surface area contributed by atoms with Gasteiger partial charge in [-0.15, -0.1) is 0 Å². The predicted octanol–water partition coefficient (Wildman–Crippen LogP) is 1.69. The van der Waals surface area contributed by atoms with Crippen LogP contribution in [0.25, 0.3) is 0 Å². The van der Waals surface area contributed by atoms with Gasteiger partial charge in [0.1, 0.15) is 11.9 Å². The normalized spacial score (nSPS) is 20.6. The Labute approximate surface area is 106 Å². The van der Waals surface area contributed by atoms with Crippen molar-refractivity contribution in [2.45, 2.75) is 25.9 Å². The first-order valence-corrected chi connectivity index (χ1v) is 6.91. The minimum Gasteiger partial charge on any atom is -0.368 e. The summed E-state index contributed by atoms with van der Waals surface area (Å²) in [5, 5.41) is 0. The summed E-state index contributed by atoms with van der Waals surface area (Å²) < 4.78 is 5.68. The van der Waals surface area contributed by atoms with Gasteiger partial charge < -0.3 is 10.2 Å². The van der Waals surface area contributed by atoms with E-state index in [-0.39, 0.29) is 6.10 Å². The molecule has 2 rings (SSSR count). The second-order valence-corrected chi connectivity index (χ2v) is 5.42. The highest BCUT2D eigenvalue weighted by Crippen LogP contribution is 2.26. The lowest BCUT2D eigenvalue weighted by atomic mass is 10.1. The minimum atomic E-state index is -0.0143. The average molecular weight is 254 g/mol. The summed E-state index contributed by atoms with van der Waals surface area (Å²) in [7, 11) is 0. The zero-order valence-corrected chi connectivity index (χ0v) is 11.0. The highest BCUT2D eigenvalue weighted by molar-refractivity contribution is 7.99. The molecule has 94 valence electrons. The largest absolute Gasteiger partial charge is 0.368 e. The van der Waals surface area contributed by atoms with Crippen LogP contribution in [-0.4, -0.2) is 28.1 Å². The third-order valence-electron chi connectivity index (χ3n) is 2.61. The topological polar surface area (TPSA) is 73.1 Å². The lowest BCUT2D eigenvalue weighted by Crippen LogP contribution is -2.20. The van der Waals surface area contributed by atoms with Gasteiger partial charge >= 0.3 is 0 Å². The second kappa shape index (κ2) is 5.66. The van der Waals surface area contributed by atoms with E-state index < -0.39 is 0 Å². The van der Waals surface area contributed by atoms with Crippen LogP contribution in [0.3, 0.4) is 0 Å². The molecular weight excluding hydrogens is 236 g/mol. The number of nitrogens with one attached hydrogen (secondary N) is 1. The number of rotatable bonds is 3. The van der Waals surface area contributed by atoms with E-state index in [0.717, 1.165) is 29.6 Å². The summed E-state index contributed by atoms with van der Waals surface area (Å²) in [6.45, 7) is 4.96. The number of hydrogen-bond acceptors (Lipinski definition) is 6. The standard InChI is InChI=1S/C11H18N4OS/c1-7(2)8-5-10(15-12)14-11(13-8)9-6-17-4-3-16-9/h5,7,9H,3-4,6,12H2,1-2H3,(H,13,14,15). The molecule has 0 amide bonds. The first-order valence-electron chi connectivity index (χ1n) is 5.75. The number of nitrogens with zero attached hydrogens (tertiary/aromatic N) is 2. The van der Waals surface area contributed by atoms with Gasteiger partial charge in [0, 0.05) is 23.3 Å². The first-order chi connectivity index (χ1) is 8.20. The van der Waals surface area contributed by atoms with Crippen LogP contribution < -0.4 is 11.3 Å². The molecule has 1 atom stereocenters. The molecule has 0 bridgehead atoms. The summed E-state index contributed by atoms with van der Waals surface area (Å²) in [4.78, 5) is 8.93. The Morgan fingerprint density at radius 3 is 2.94 bits per heavy atom. The monoisotopic (exact) mass is 254 g/mol. The Kier molecular flexibility index (Phi) is 4.20. The zero-order valence-electron chi connectivity index (χ0n) is 10.1. The molecule has 0 radical (unpaired) electrons. The Hall–Kier alpha value is -0.850. The van der Waals surface area contributed by atoms with E-state index in [1.807, 2.05) is 17.8 Å². The Balaban J connectivity index is 2.28. The Bertz CT molecular complexity index is 380. The highest BCUT2D eigenvalue weighted by Gasteiger charge is 2.20. The minimum absolute atomic E-state index is 0.0143. The maximum absolute atomic E-state index is 5.68. The second-order valence-electron chi connectivity index (χ2n) is 4.27. The van der Waals surface area contributed by atoms with Crippen LogP contribution in [0.1, 0.15) is 37.4 Å². The van der Waals surface area contributed by atoms with Gasteiger partial charge in [-0.2, -0.15) is 11.8 Å². The summed E-state index contributed by atoms with van der Waals surface area (Å²) in [5.41, 5.74) is 3.58. The van der Waals surface area contributed by atoms with Gasteiger partial charge in [-0.05, 0) is 5.92 Å². The Morgan fingerprint density at radius 1 is 1.53 bits per heavy atom. The molecule has 1 aromatic heterocycles. The zero-order chi connectivity index (χ0) is 12.3. The summed E-state index contributed by atoms with van der Waals surface area (Å²) in [5.74, 6) is 9.11. The molecule has 1 aromatic rings. The van der Waals surface area contributed by atoms with Gasteiger partial charge in [0.05, 0.1) is 6.61 Å². The van der Waals surface area contributed by atoms with Crippen molar-refractivity contribution < 1.29 is 4.74 Å². The van der Waals surface area contributed by atoms with Crippen LogP contribution in [0.2, 0.25) is 0 Å². The van der Waals surface area contributed by atoms with E-state index in [4.69, 9.17) is 10.6 Å². The molecule has 0 saturated carbocycles. The van der Waals surface area contributed by atoms with Crippen molar-refractivity contribution in [1.29, 1.82) is 0 Å². The lowest BCUT2D eigenvalue weighted by molar-refractivity contribution is 0.0693. The van der Waals surface area contributed by atoms with E-state index >= 15 is 0 Å². The molecule has 0 spiro atoms. The van der Waals surface area contributed by atoms with Crippen molar-refractivity contribution in [3.63, 3.8) is 0 Å². The molecule has 2 heterocycles. The van der Waals surface area contributed by atoms with Crippen molar-refractivity contribution in [2.75, 3.05) is 23.5 Å². The fourth-order valence-corrected chi connectivity index (χ4v) is 2.48. The van der Waals surface area contributed by atoms with Gasteiger partial charge in [-0.1, -0.05) is 13.8 Å². The molecule has 1 aliphatic heterocycles. The van der Waals surface area contributed by atoms with E-state index in [1.165, 1.54) is 0 Å². The molecular formula is C11H18N4OS. The molecule has 1 unspecified atom stereocenters. The van der Waals surface area contributed by atoms with Gasteiger partial charge in [-0.25, -0.2) is 15.8 Å². The summed E-state index contributed by atoms with van der Waals surface area (Å²) in [6.07, 6.45) is -0.0143. The van der Waals surface area contributed by atoms with Crippen molar-refractivity contribution >= 4 is 17.6 Å². The number of hydrazine groups is 1. The summed E-state index contributed by atoms with van der Waals surface area (Å²) >= 11 is 1.87. The first kappa shape index (κ1) is 12.6. The van der Waals surface area contributed by atoms with E-state index in [9.17, 15) is 0 Å². The van der Waals surface area contributed by atoms with Gasteiger partial charge in [0.25, 0.3) is 0 Å². The van der Waals surface area contributed by atoms with E-state index in [1.54, 1.807) is 0 Å². The van der Waals surface area contributed by atoms with Crippen LogP contribution in [0.5, 0.6) is 0 Å². The van der Waals surface area contributed by atoms with E-state index in [2.05, 4.69) is 29.2 Å². The molecule has 17 heavy (non-hydrogen) atoms. The SMILES string of the molecule is CC(C)c1cc(NN)nc(C2CSCCO2)n1. The van der Waals surface area contributed by atoms with Crippen molar-refractivity contribution in [2.24, 2.45) is 5.84 Å². The van der Waals surface area contributed by atoms with Crippen LogP contribution in [0, 0.1) is 0 Å². The van der Waals surface area contributed by atoms with Crippen molar-refractivity contribution in [3.8, 4) is 0 Å². The van der Waals surface area contributed by atoms with Crippen LogP contribution in [0.4, 0.5) is 5.82 Å². The molecule has 5 nitrogen and oxygen atoms in total. The van der Waals surface area contributed by atoms with E-state index in [0.29, 0.717) is 11.7 Å². The highest BCUT2D eigenvalue weighted by atomic mass is 32.2. The number of nitrogen functional groups attached to an aromatic ring is 1. The number of thioether (sulfide) groups is 1. The van der Waals surface area contributed by atoms with Crippen molar-refractivity contribution in [3.05, 3.63) is 17.6 Å². The smallest absolute Gasteiger partial charge is 0.160 e. The molecule has 0 aliphatic carbocycles. The number of ether oxygens (including phenoxy) is 1. The van der Waals surface area contributed by atoms with Gasteiger partial charge in [0.2, 0.25) is 0 Å². The molecule has 3 N–H and O–H groups in total. The van der Waals surface area contributed by atoms with Crippen LogP contribution in [-0.2, 0) is 4.74 Å². The fraction of sp³-hybridized carbons (Fsp3) is 0.636. The molecule has 1 saturated heterocycles. The van der Waals surface area contributed by atoms with Crippen LogP contribution >= 0.6 is 11.8 Å². The fourth-order valence-electron chi connectivity index (χ4n) is 1.64. The average Bonchev–Trinajstić information content (AvgIpc) is 2.39. The number of nitrogens with two attached hydrogens (primary N) is 1. The number of hydrogen-bond donors (Lipinski definition) is 2. The van der Waals surface area contributed by atoms with Gasteiger partial charge in [0.15, 0.2) is 5.82 Å². The third kappa shape index (κ3) is 3.08. The quantitative estimate of drug-likeness (QED) is 0.631. The maximum Gasteiger partial charge on any atom is 0.160 e. The molecule has 1 aliphatic rings. The predicted molar refractivity (Wildman–Crippen MR) is 69.9 cm³/mol. The number of anilines is 1. The summed E-state index contributed by atoms with van der Waals surface area (Å²) in [6, 6.07) is 1.88. The molecule has 1 fully saturated rings.